The van der Waals surface area contributed by atoms with Gasteiger partial charge in [-0.05, 0) is 62.0 Å². The summed E-state index contributed by atoms with van der Waals surface area (Å²) in [6.07, 6.45) is -3.74. The maximum Gasteiger partial charge on any atom is 0.391 e. The van der Waals surface area contributed by atoms with Crippen LogP contribution in [0.3, 0.4) is 0 Å². The van der Waals surface area contributed by atoms with Crippen LogP contribution in [-0.2, 0) is 6.54 Å². The highest BCUT2D eigenvalue weighted by molar-refractivity contribution is 6.31. The van der Waals surface area contributed by atoms with Crippen molar-refractivity contribution in [2.75, 3.05) is 13.1 Å². The molecule has 1 N–H and O–H groups in total. The molecule has 1 aliphatic rings. The van der Waals surface area contributed by atoms with Crippen LogP contribution in [0.25, 0.3) is 22.3 Å². The number of H-pyrrole nitrogens is 1. The number of aryl methyl sites for hydroxylation is 2. The molecule has 34 heavy (non-hydrogen) atoms. The van der Waals surface area contributed by atoms with E-state index in [1.54, 1.807) is 6.92 Å². The number of alkyl halides is 3. The molecule has 1 fully saturated rings. The van der Waals surface area contributed by atoms with E-state index in [9.17, 15) is 18.0 Å². The number of hydrogen-bond acceptors (Lipinski definition) is 2. The summed E-state index contributed by atoms with van der Waals surface area (Å²) in [6, 6.07) is 15.9. The lowest BCUT2D eigenvalue weighted by atomic mass is 9.95. The van der Waals surface area contributed by atoms with Crippen molar-refractivity contribution in [3.05, 3.63) is 80.7 Å². The van der Waals surface area contributed by atoms with E-state index in [4.69, 9.17) is 11.6 Å². The highest BCUT2D eigenvalue weighted by atomic mass is 35.5. The molecule has 1 aromatic heterocycles. The van der Waals surface area contributed by atoms with Gasteiger partial charge in [0, 0.05) is 23.5 Å². The topological polar surface area (TPSA) is 36.1 Å². The van der Waals surface area contributed by atoms with Crippen molar-refractivity contribution in [1.82, 2.24) is 9.88 Å². The summed E-state index contributed by atoms with van der Waals surface area (Å²) in [5.41, 5.74) is 5.76. The van der Waals surface area contributed by atoms with E-state index in [1.165, 1.54) is 0 Å². The molecule has 8 heteroatoms. The summed E-state index contributed by atoms with van der Waals surface area (Å²) in [6.45, 7) is 5.22. The quantitative estimate of drug-likeness (QED) is 0.403. The second-order valence-electron chi connectivity index (χ2n) is 8.76. The molecule has 0 unspecified atom stereocenters. The lowest BCUT2D eigenvalue weighted by molar-refractivity contribution is -0.185. The van der Waals surface area contributed by atoms with Gasteiger partial charge in [-0.3, -0.25) is 9.69 Å². The second-order valence-corrected chi connectivity index (χ2v) is 9.14. The van der Waals surface area contributed by atoms with E-state index in [0.717, 1.165) is 27.9 Å². The molecule has 3 aromatic rings. The van der Waals surface area contributed by atoms with Gasteiger partial charge in [0.15, 0.2) is 0 Å². The largest absolute Gasteiger partial charge is 0.391 e. The van der Waals surface area contributed by atoms with Gasteiger partial charge in [-0.1, -0.05) is 60.1 Å². The summed E-state index contributed by atoms with van der Waals surface area (Å²) in [4.78, 5) is 17.9. The molecule has 4 rings (SSSR count). The highest BCUT2D eigenvalue weighted by Gasteiger charge is 2.40. The number of pyridine rings is 1. The third-order valence-electron chi connectivity index (χ3n) is 6.42. The monoisotopic (exact) mass is 510 g/mol. The zero-order chi connectivity index (χ0) is 23.8. The molecule has 182 valence electrons. The smallest absolute Gasteiger partial charge is 0.361 e. The van der Waals surface area contributed by atoms with Gasteiger partial charge in [-0.15, -0.1) is 12.4 Å². The third-order valence-corrected chi connectivity index (χ3v) is 6.88. The highest BCUT2D eigenvalue weighted by Crippen LogP contribution is 2.34. The predicted octanol–water partition coefficient (Wildman–Crippen LogP) is 7.18. The zero-order valence-corrected chi connectivity index (χ0v) is 20.6. The lowest BCUT2D eigenvalue weighted by Crippen LogP contribution is -2.38. The minimum Gasteiger partial charge on any atom is -0.361 e. The Morgan fingerprint density at radius 3 is 1.94 bits per heavy atom. The van der Waals surface area contributed by atoms with Gasteiger partial charge in [0.25, 0.3) is 0 Å². The first-order valence-corrected chi connectivity index (χ1v) is 11.4. The summed E-state index contributed by atoms with van der Waals surface area (Å²) < 4.78 is 38.6. The Kier molecular flexibility index (Phi) is 8.17. The van der Waals surface area contributed by atoms with Gasteiger partial charge >= 0.3 is 6.18 Å². The molecule has 1 aliphatic heterocycles. The van der Waals surface area contributed by atoms with Crippen molar-refractivity contribution in [2.45, 2.75) is 39.4 Å². The molecule has 0 radical (unpaired) electrons. The minimum atomic E-state index is -4.08. The van der Waals surface area contributed by atoms with Crippen molar-refractivity contribution in [3.8, 4) is 22.3 Å². The number of nitrogens with one attached hydrogen (secondary N) is 1. The molecule has 0 aliphatic carbocycles. The van der Waals surface area contributed by atoms with Gasteiger partial charge in [0.05, 0.1) is 5.92 Å². The molecular formula is C26H27Cl2F3N2O. The molecule has 0 amide bonds. The average Bonchev–Trinajstić information content (AvgIpc) is 2.78. The number of benzene rings is 2. The van der Waals surface area contributed by atoms with Crippen molar-refractivity contribution >= 4 is 24.0 Å². The van der Waals surface area contributed by atoms with Crippen LogP contribution in [0.1, 0.15) is 29.8 Å². The SMILES string of the molecule is Cc1[nH]c(C)c(-c2ccc(-c3ccc(CN4CCC(C(F)(F)F)CC4)cc3)cc2)c(=O)c1Cl.Cl. The molecule has 2 aromatic carbocycles. The van der Waals surface area contributed by atoms with Crippen molar-refractivity contribution in [3.63, 3.8) is 0 Å². The van der Waals surface area contributed by atoms with Crippen molar-refractivity contribution in [2.24, 2.45) is 5.92 Å². The van der Waals surface area contributed by atoms with E-state index in [0.29, 0.717) is 30.9 Å². The summed E-state index contributed by atoms with van der Waals surface area (Å²) in [7, 11) is 0. The molecular weight excluding hydrogens is 484 g/mol. The van der Waals surface area contributed by atoms with E-state index in [2.05, 4.69) is 9.88 Å². The first-order chi connectivity index (χ1) is 15.6. The maximum absolute atomic E-state index is 12.9. The summed E-state index contributed by atoms with van der Waals surface area (Å²) >= 11 is 6.15. The molecule has 0 spiro atoms. The van der Waals surface area contributed by atoms with E-state index >= 15 is 0 Å². The van der Waals surface area contributed by atoms with Crippen LogP contribution in [0.5, 0.6) is 0 Å². The molecule has 0 bridgehead atoms. The van der Waals surface area contributed by atoms with Crippen LogP contribution in [0.15, 0.2) is 53.3 Å². The van der Waals surface area contributed by atoms with Gasteiger partial charge in [0.1, 0.15) is 5.02 Å². The Bertz CT molecular complexity index is 1180. The Balaban J connectivity index is 0.00000324. The van der Waals surface area contributed by atoms with E-state index in [1.807, 2.05) is 55.5 Å². The lowest BCUT2D eigenvalue weighted by Gasteiger charge is -2.32. The number of rotatable bonds is 4. The molecule has 1 saturated heterocycles. The second kappa shape index (κ2) is 10.5. The van der Waals surface area contributed by atoms with Crippen LogP contribution in [0.2, 0.25) is 5.02 Å². The average molecular weight is 511 g/mol. The van der Waals surface area contributed by atoms with Crippen LogP contribution in [0, 0.1) is 19.8 Å². The van der Waals surface area contributed by atoms with Crippen molar-refractivity contribution < 1.29 is 13.2 Å². The van der Waals surface area contributed by atoms with Gasteiger partial charge in [0.2, 0.25) is 5.43 Å². The number of nitrogens with zero attached hydrogens (tertiary/aromatic N) is 1. The zero-order valence-electron chi connectivity index (χ0n) is 19.0. The number of aromatic amines is 1. The predicted molar refractivity (Wildman–Crippen MR) is 134 cm³/mol. The summed E-state index contributed by atoms with van der Waals surface area (Å²) in [5.74, 6) is -1.17. The first kappa shape index (κ1) is 26.3. The minimum absolute atomic E-state index is 0. The third kappa shape index (κ3) is 5.68. The fraction of sp³-hybridized carbons (Fsp3) is 0.346. The Morgan fingerprint density at radius 2 is 1.41 bits per heavy atom. The van der Waals surface area contributed by atoms with Crippen LogP contribution >= 0.6 is 24.0 Å². The number of piperidine rings is 1. The molecule has 0 saturated carbocycles. The summed E-state index contributed by atoms with van der Waals surface area (Å²) in [5, 5.41) is 0.206. The van der Waals surface area contributed by atoms with E-state index in [-0.39, 0.29) is 35.7 Å². The van der Waals surface area contributed by atoms with Crippen molar-refractivity contribution in [1.29, 1.82) is 0 Å². The Labute approximate surface area is 208 Å². The fourth-order valence-electron chi connectivity index (χ4n) is 4.51. The first-order valence-electron chi connectivity index (χ1n) is 11.0. The normalized spacial score (nSPS) is 15.2. The molecule has 3 nitrogen and oxygen atoms in total. The van der Waals surface area contributed by atoms with Crippen LogP contribution < -0.4 is 5.43 Å². The van der Waals surface area contributed by atoms with Gasteiger partial charge in [-0.2, -0.15) is 13.2 Å². The number of likely N-dealkylation sites (tertiary alicyclic amines) is 1. The molecule has 0 atom stereocenters. The maximum atomic E-state index is 12.9. The number of hydrogen-bond donors (Lipinski definition) is 1. The standard InChI is InChI=1S/C26H26ClF3N2O.ClH/c1-16-23(25(33)24(27)17(2)31-16)21-9-7-20(8-10-21)19-5-3-18(4-6-19)15-32-13-11-22(12-14-32)26(28,29)30;/h3-10,22H,11-15H2,1-2H3,(H,31,33);1H. The van der Waals surface area contributed by atoms with Crippen LogP contribution in [0.4, 0.5) is 13.2 Å². The fourth-order valence-corrected chi connectivity index (χ4v) is 4.65. The van der Waals surface area contributed by atoms with Gasteiger partial charge in [-0.25, -0.2) is 0 Å². The Hall–Kier alpha value is -2.28. The van der Waals surface area contributed by atoms with E-state index < -0.39 is 12.1 Å². The number of halogens is 5. The van der Waals surface area contributed by atoms with Crippen LogP contribution in [-0.4, -0.2) is 29.1 Å². The molecule has 2 heterocycles. The Morgan fingerprint density at radius 1 is 0.912 bits per heavy atom. The number of aromatic nitrogens is 1. The van der Waals surface area contributed by atoms with Gasteiger partial charge < -0.3 is 4.98 Å².